The van der Waals surface area contributed by atoms with Crippen LogP contribution in [0.4, 0.5) is 0 Å². The van der Waals surface area contributed by atoms with Crippen molar-refractivity contribution in [3.05, 3.63) is 0 Å². The molecule has 0 aliphatic carbocycles. The predicted molar refractivity (Wildman–Crippen MR) is 56.6 cm³/mol. The predicted octanol–water partition coefficient (Wildman–Crippen LogP) is -0.00900. The molecule has 4 nitrogen and oxygen atoms in total. The first-order chi connectivity index (χ1) is 6.77. The monoisotopic (exact) mass is 202 g/mol. The number of hydrogen-bond donors (Lipinski definition) is 2. The van der Waals surface area contributed by atoms with Gasteiger partial charge in [0.2, 0.25) is 0 Å². The topological polar surface area (TPSA) is 42.5 Å². The van der Waals surface area contributed by atoms with Crippen molar-refractivity contribution in [3.8, 4) is 0 Å². The van der Waals surface area contributed by atoms with Crippen LogP contribution in [0.1, 0.15) is 13.3 Å². The van der Waals surface area contributed by atoms with Crippen molar-refractivity contribution in [2.45, 2.75) is 18.9 Å². The highest BCUT2D eigenvalue weighted by atomic mass is 16.5. The molecule has 1 rings (SSSR count). The van der Waals surface area contributed by atoms with Crippen LogP contribution >= 0.6 is 0 Å². The van der Waals surface area contributed by atoms with Crippen LogP contribution in [0.5, 0.6) is 0 Å². The third-order valence-electron chi connectivity index (χ3n) is 2.56. The summed E-state index contributed by atoms with van der Waals surface area (Å²) in [4.78, 5) is 0. The SMILES string of the molecule is COCCNCCNC1(C)CCOC1. The molecule has 14 heavy (non-hydrogen) atoms. The van der Waals surface area contributed by atoms with Gasteiger partial charge in [-0.15, -0.1) is 0 Å². The Morgan fingerprint density at radius 3 is 2.86 bits per heavy atom. The van der Waals surface area contributed by atoms with Crippen LogP contribution in [0.2, 0.25) is 0 Å². The molecule has 0 aromatic carbocycles. The summed E-state index contributed by atoms with van der Waals surface area (Å²) in [5.41, 5.74) is 0.197. The van der Waals surface area contributed by atoms with Crippen molar-refractivity contribution in [2.24, 2.45) is 0 Å². The summed E-state index contributed by atoms with van der Waals surface area (Å²) in [6.45, 7) is 7.62. The Morgan fingerprint density at radius 1 is 1.36 bits per heavy atom. The van der Waals surface area contributed by atoms with E-state index >= 15 is 0 Å². The van der Waals surface area contributed by atoms with Gasteiger partial charge in [-0.05, 0) is 13.3 Å². The Balaban J connectivity index is 1.92. The average Bonchev–Trinajstić information content (AvgIpc) is 2.59. The third-order valence-corrected chi connectivity index (χ3v) is 2.56. The van der Waals surface area contributed by atoms with Crippen LogP contribution in [-0.2, 0) is 9.47 Å². The molecule has 0 radical (unpaired) electrons. The van der Waals surface area contributed by atoms with E-state index in [1.165, 1.54) is 0 Å². The maximum Gasteiger partial charge on any atom is 0.0646 e. The van der Waals surface area contributed by atoms with E-state index < -0.39 is 0 Å². The molecule has 0 spiro atoms. The van der Waals surface area contributed by atoms with Crippen molar-refractivity contribution in [1.82, 2.24) is 10.6 Å². The zero-order valence-electron chi connectivity index (χ0n) is 9.27. The summed E-state index contributed by atoms with van der Waals surface area (Å²) in [7, 11) is 1.72. The summed E-state index contributed by atoms with van der Waals surface area (Å²) < 4.78 is 10.3. The normalized spacial score (nSPS) is 27.0. The van der Waals surface area contributed by atoms with E-state index in [0.717, 1.165) is 45.9 Å². The third kappa shape index (κ3) is 4.37. The van der Waals surface area contributed by atoms with Gasteiger partial charge in [0.25, 0.3) is 0 Å². The molecule has 1 unspecified atom stereocenters. The van der Waals surface area contributed by atoms with Crippen LogP contribution in [0.3, 0.4) is 0 Å². The molecule has 1 heterocycles. The Labute approximate surface area is 86.3 Å². The molecule has 1 atom stereocenters. The highest BCUT2D eigenvalue weighted by Crippen LogP contribution is 2.16. The lowest BCUT2D eigenvalue weighted by Crippen LogP contribution is -2.45. The second-order valence-electron chi connectivity index (χ2n) is 4.03. The van der Waals surface area contributed by atoms with Crippen molar-refractivity contribution in [1.29, 1.82) is 0 Å². The van der Waals surface area contributed by atoms with Crippen molar-refractivity contribution in [3.63, 3.8) is 0 Å². The first-order valence-corrected chi connectivity index (χ1v) is 5.29. The number of ether oxygens (including phenoxy) is 2. The first-order valence-electron chi connectivity index (χ1n) is 5.29. The average molecular weight is 202 g/mol. The van der Waals surface area contributed by atoms with E-state index in [4.69, 9.17) is 9.47 Å². The van der Waals surface area contributed by atoms with E-state index in [1.807, 2.05) is 0 Å². The molecule has 0 aromatic heterocycles. The van der Waals surface area contributed by atoms with Crippen molar-refractivity contribution >= 4 is 0 Å². The fraction of sp³-hybridized carbons (Fsp3) is 1.00. The number of hydrogen-bond acceptors (Lipinski definition) is 4. The molecular formula is C10H22N2O2. The lowest BCUT2D eigenvalue weighted by atomic mass is 10.0. The summed E-state index contributed by atoms with van der Waals surface area (Å²) in [6.07, 6.45) is 1.12. The van der Waals surface area contributed by atoms with E-state index in [2.05, 4.69) is 17.6 Å². The molecule has 4 heteroatoms. The van der Waals surface area contributed by atoms with E-state index in [0.29, 0.717) is 0 Å². The minimum atomic E-state index is 0.197. The van der Waals surface area contributed by atoms with Gasteiger partial charge in [-0.2, -0.15) is 0 Å². The zero-order chi connectivity index (χ0) is 10.3. The standard InChI is InChI=1S/C10H22N2O2/c1-10(3-7-14-9-10)12-5-4-11-6-8-13-2/h11-12H,3-9H2,1-2H3. The Kier molecular flexibility index (Phi) is 5.40. The minimum absolute atomic E-state index is 0.197. The fourth-order valence-corrected chi connectivity index (χ4v) is 1.56. The second kappa shape index (κ2) is 6.35. The summed E-state index contributed by atoms with van der Waals surface area (Å²) >= 11 is 0. The van der Waals surface area contributed by atoms with Gasteiger partial charge in [-0.3, -0.25) is 0 Å². The number of methoxy groups -OCH3 is 1. The summed E-state index contributed by atoms with van der Waals surface area (Å²) in [6, 6.07) is 0. The van der Waals surface area contributed by atoms with Gasteiger partial charge in [0.15, 0.2) is 0 Å². The van der Waals surface area contributed by atoms with Gasteiger partial charge in [-0.1, -0.05) is 0 Å². The molecule has 0 aromatic rings. The van der Waals surface area contributed by atoms with E-state index in [9.17, 15) is 0 Å². The smallest absolute Gasteiger partial charge is 0.0646 e. The summed E-state index contributed by atoms with van der Waals surface area (Å²) in [5.74, 6) is 0. The Bertz CT molecular complexity index is 147. The molecule has 2 N–H and O–H groups in total. The molecule has 1 fully saturated rings. The maximum absolute atomic E-state index is 5.35. The molecule has 0 amide bonds. The molecule has 0 saturated carbocycles. The van der Waals surface area contributed by atoms with Crippen molar-refractivity contribution < 1.29 is 9.47 Å². The quantitative estimate of drug-likeness (QED) is 0.570. The lowest BCUT2D eigenvalue weighted by Gasteiger charge is -2.23. The summed E-state index contributed by atoms with van der Waals surface area (Å²) in [5, 5.41) is 6.81. The van der Waals surface area contributed by atoms with Crippen LogP contribution in [0.15, 0.2) is 0 Å². The van der Waals surface area contributed by atoms with Gasteiger partial charge in [-0.25, -0.2) is 0 Å². The van der Waals surface area contributed by atoms with Crippen LogP contribution < -0.4 is 10.6 Å². The van der Waals surface area contributed by atoms with Gasteiger partial charge < -0.3 is 20.1 Å². The Hall–Kier alpha value is -0.160. The fourth-order valence-electron chi connectivity index (χ4n) is 1.56. The van der Waals surface area contributed by atoms with E-state index in [-0.39, 0.29) is 5.54 Å². The van der Waals surface area contributed by atoms with Crippen molar-refractivity contribution in [2.75, 3.05) is 46.6 Å². The molecule has 0 bridgehead atoms. The maximum atomic E-state index is 5.35. The van der Waals surface area contributed by atoms with Gasteiger partial charge in [0.1, 0.15) is 0 Å². The van der Waals surface area contributed by atoms with Crippen LogP contribution in [0, 0.1) is 0 Å². The molecule has 1 saturated heterocycles. The molecular weight excluding hydrogens is 180 g/mol. The molecule has 1 aliphatic heterocycles. The number of rotatable bonds is 7. The number of nitrogens with one attached hydrogen (secondary N) is 2. The highest BCUT2D eigenvalue weighted by molar-refractivity contribution is 4.86. The van der Waals surface area contributed by atoms with Gasteiger partial charge in [0.05, 0.1) is 13.2 Å². The second-order valence-corrected chi connectivity index (χ2v) is 4.03. The lowest BCUT2D eigenvalue weighted by molar-refractivity contribution is 0.171. The van der Waals surface area contributed by atoms with Crippen LogP contribution in [0.25, 0.3) is 0 Å². The zero-order valence-corrected chi connectivity index (χ0v) is 9.27. The first kappa shape index (κ1) is 11.9. The van der Waals surface area contributed by atoms with Gasteiger partial charge in [0, 0.05) is 38.9 Å². The molecule has 1 aliphatic rings. The van der Waals surface area contributed by atoms with Gasteiger partial charge >= 0.3 is 0 Å². The van der Waals surface area contributed by atoms with Crippen LogP contribution in [-0.4, -0.2) is 52.1 Å². The highest BCUT2D eigenvalue weighted by Gasteiger charge is 2.28. The minimum Gasteiger partial charge on any atom is -0.383 e. The Morgan fingerprint density at radius 2 is 2.21 bits per heavy atom. The van der Waals surface area contributed by atoms with E-state index in [1.54, 1.807) is 7.11 Å². The molecule has 84 valence electrons. The largest absolute Gasteiger partial charge is 0.383 e.